The van der Waals surface area contributed by atoms with Crippen LogP contribution in [0, 0.1) is 5.92 Å². The minimum absolute atomic E-state index is 0.0148. The number of aromatic carboxylic acids is 1. The predicted octanol–water partition coefficient (Wildman–Crippen LogP) is 5.49. The number of hydrogen-bond donors (Lipinski definition) is 3. The van der Waals surface area contributed by atoms with E-state index < -0.39 is 34.9 Å². The largest absolute Gasteiger partial charge is 0.477 e. The van der Waals surface area contributed by atoms with E-state index >= 15 is 0 Å². The Labute approximate surface area is 229 Å². The van der Waals surface area contributed by atoms with Crippen LogP contribution >= 0.6 is 11.3 Å². The van der Waals surface area contributed by atoms with Gasteiger partial charge in [0.05, 0.1) is 22.8 Å². The Hall–Kier alpha value is -4.33. The van der Waals surface area contributed by atoms with Crippen LogP contribution < -0.4 is 16.1 Å². The molecule has 4 aromatic rings. The molecule has 0 aromatic carbocycles. The lowest BCUT2D eigenvalue weighted by molar-refractivity contribution is -0.140. The quantitative estimate of drug-likeness (QED) is 0.253. The zero-order valence-corrected chi connectivity index (χ0v) is 22.5. The van der Waals surface area contributed by atoms with Crippen molar-refractivity contribution in [2.24, 2.45) is 5.92 Å². The van der Waals surface area contributed by atoms with E-state index in [1.807, 2.05) is 13.8 Å². The number of halogens is 3. The Kier molecular flexibility index (Phi) is 8.18. The average Bonchev–Trinajstić information content (AvgIpc) is 3.41. The summed E-state index contributed by atoms with van der Waals surface area (Å²) >= 11 is 0.743. The first kappa shape index (κ1) is 28.7. The molecule has 10 nitrogen and oxygen atoms in total. The normalized spacial score (nSPS) is 12.3. The van der Waals surface area contributed by atoms with E-state index in [-0.39, 0.29) is 39.0 Å². The maximum atomic E-state index is 13.3. The summed E-state index contributed by atoms with van der Waals surface area (Å²) in [4.78, 5) is 49.4. The summed E-state index contributed by atoms with van der Waals surface area (Å²) < 4.78 is 41.6. The Morgan fingerprint density at radius 1 is 1.15 bits per heavy atom. The van der Waals surface area contributed by atoms with Crippen LogP contribution in [-0.4, -0.2) is 43.2 Å². The van der Waals surface area contributed by atoms with E-state index in [0.717, 1.165) is 23.1 Å². The molecule has 14 heteroatoms. The molecule has 1 atom stereocenters. The van der Waals surface area contributed by atoms with Gasteiger partial charge >= 0.3 is 18.2 Å². The lowest BCUT2D eigenvalue weighted by Gasteiger charge is -2.17. The third kappa shape index (κ3) is 5.96. The van der Waals surface area contributed by atoms with Crippen LogP contribution in [0.5, 0.6) is 0 Å². The number of nitrogens with zero attached hydrogens (tertiary/aromatic N) is 4. The highest BCUT2D eigenvalue weighted by atomic mass is 32.1. The molecule has 4 rings (SSSR count). The molecular formula is C26H25F3N6O4S. The summed E-state index contributed by atoms with van der Waals surface area (Å²) in [6.07, 6.45) is 0.176. The van der Waals surface area contributed by atoms with Crippen LogP contribution in [0.2, 0.25) is 0 Å². The van der Waals surface area contributed by atoms with E-state index in [2.05, 4.69) is 25.6 Å². The fourth-order valence-electron chi connectivity index (χ4n) is 3.96. The number of anilines is 1. The first-order chi connectivity index (χ1) is 18.9. The molecular weight excluding hydrogens is 549 g/mol. The van der Waals surface area contributed by atoms with Gasteiger partial charge in [-0.1, -0.05) is 20.3 Å². The smallest absolute Gasteiger partial charge is 0.434 e. The van der Waals surface area contributed by atoms with Gasteiger partial charge in [0.2, 0.25) is 5.43 Å². The number of rotatable bonds is 8. The number of nitrogens with one attached hydrogen (secondary N) is 2. The van der Waals surface area contributed by atoms with Crippen LogP contribution in [0.1, 0.15) is 43.2 Å². The van der Waals surface area contributed by atoms with E-state index in [4.69, 9.17) is 0 Å². The Morgan fingerprint density at radius 2 is 1.90 bits per heavy atom. The highest BCUT2D eigenvalue weighted by Crippen LogP contribution is 2.38. The van der Waals surface area contributed by atoms with Gasteiger partial charge in [0.1, 0.15) is 16.4 Å². The first-order valence-electron chi connectivity index (χ1n) is 12.3. The maximum absolute atomic E-state index is 13.3. The minimum Gasteiger partial charge on any atom is -0.477 e. The van der Waals surface area contributed by atoms with E-state index in [1.54, 1.807) is 11.5 Å². The number of carboxylic acid groups (broad SMARTS) is 1. The molecule has 0 spiro atoms. The molecule has 0 aliphatic heterocycles. The topological polar surface area (TPSA) is 139 Å². The molecule has 2 amide bonds. The molecule has 4 aromatic heterocycles. The van der Waals surface area contributed by atoms with Crippen LogP contribution in [0.4, 0.5) is 23.8 Å². The maximum Gasteiger partial charge on any atom is 0.434 e. The van der Waals surface area contributed by atoms with Crippen molar-refractivity contribution in [3.05, 3.63) is 57.6 Å². The molecule has 0 bridgehead atoms. The van der Waals surface area contributed by atoms with Gasteiger partial charge in [-0.15, -0.1) is 11.3 Å². The number of thiazole rings is 1. The van der Waals surface area contributed by atoms with Gasteiger partial charge in [0, 0.05) is 42.0 Å². The SMILES string of the molecule is CCNC(=O)Nc1cc(-c2nc(C(F)(F)F)cs2)c(-c2cc3c(=O)c(C(=O)O)cn(C[C@H](C)CC)c3cn2)cn1. The number of hydrogen-bond acceptors (Lipinski definition) is 7. The number of aromatic nitrogens is 4. The molecule has 0 saturated heterocycles. The Morgan fingerprint density at radius 3 is 2.52 bits per heavy atom. The highest BCUT2D eigenvalue weighted by molar-refractivity contribution is 7.13. The van der Waals surface area contributed by atoms with Gasteiger partial charge in [0.25, 0.3) is 0 Å². The number of carboxylic acids is 1. The van der Waals surface area contributed by atoms with Crippen molar-refractivity contribution in [2.45, 2.75) is 39.9 Å². The third-order valence-corrected chi connectivity index (χ3v) is 7.06. The van der Waals surface area contributed by atoms with Gasteiger partial charge in [-0.2, -0.15) is 13.2 Å². The Bertz CT molecular complexity index is 1650. The van der Waals surface area contributed by atoms with E-state index in [1.165, 1.54) is 30.7 Å². The summed E-state index contributed by atoms with van der Waals surface area (Å²) in [6, 6.07) is 2.20. The zero-order chi connectivity index (χ0) is 29.2. The molecule has 0 aliphatic rings. The lowest BCUT2D eigenvalue weighted by Crippen LogP contribution is -2.28. The van der Waals surface area contributed by atoms with Crippen molar-refractivity contribution in [1.29, 1.82) is 0 Å². The van der Waals surface area contributed by atoms with Crippen molar-refractivity contribution in [3.8, 4) is 21.8 Å². The molecule has 0 fully saturated rings. The van der Waals surface area contributed by atoms with Crippen LogP contribution in [0.15, 0.2) is 40.9 Å². The average molecular weight is 575 g/mol. The first-order valence-corrected chi connectivity index (χ1v) is 13.2. The number of amides is 2. The summed E-state index contributed by atoms with van der Waals surface area (Å²) in [5.74, 6) is -1.15. The zero-order valence-electron chi connectivity index (χ0n) is 21.7. The van der Waals surface area contributed by atoms with Crippen LogP contribution in [-0.2, 0) is 12.7 Å². The summed E-state index contributed by atoms with van der Waals surface area (Å²) in [5, 5.41) is 15.6. The fraction of sp³-hybridized carbons (Fsp3) is 0.308. The summed E-state index contributed by atoms with van der Waals surface area (Å²) in [5.41, 5.74) is -1.22. The number of fused-ring (bicyclic) bond motifs is 1. The van der Waals surface area contributed by atoms with Crippen molar-refractivity contribution >= 4 is 40.1 Å². The molecule has 210 valence electrons. The standard InChI is InChI=1S/C26H25F3N6O4S/c1-4-13(3)10-35-11-17(24(37)38)22(36)15-6-18(31-9-19(15)35)16-8-32-21(34-25(39)30-5-2)7-14(16)23-33-20(12-40-23)26(27,28)29/h6-9,11-13H,4-5,10H2,1-3H3,(H,37,38)(H2,30,32,34,39)/t13-/m1/s1. The van der Waals surface area contributed by atoms with Crippen molar-refractivity contribution in [2.75, 3.05) is 11.9 Å². The van der Waals surface area contributed by atoms with E-state index in [0.29, 0.717) is 18.6 Å². The van der Waals surface area contributed by atoms with Gasteiger partial charge in [-0.05, 0) is 25.0 Å². The minimum atomic E-state index is -4.67. The predicted molar refractivity (Wildman–Crippen MR) is 144 cm³/mol. The van der Waals surface area contributed by atoms with Crippen LogP contribution in [0.3, 0.4) is 0 Å². The molecule has 0 aliphatic carbocycles. The van der Waals surface area contributed by atoms with Crippen molar-refractivity contribution in [3.63, 3.8) is 0 Å². The number of alkyl halides is 3. The number of carbonyl (C=O) groups excluding carboxylic acids is 1. The molecule has 4 heterocycles. The molecule has 40 heavy (non-hydrogen) atoms. The van der Waals surface area contributed by atoms with Crippen molar-refractivity contribution in [1.82, 2.24) is 24.8 Å². The summed E-state index contributed by atoms with van der Waals surface area (Å²) in [7, 11) is 0. The highest BCUT2D eigenvalue weighted by Gasteiger charge is 2.34. The van der Waals surface area contributed by atoms with Gasteiger partial charge < -0.3 is 15.0 Å². The van der Waals surface area contributed by atoms with E-state index in [9.17, 15) is 32.7 Å². The van der Waals surface area contributed by atoms with Gasteiger partial charge in [-0.3, -0.25) is 15.1 Å². The fourth-order valence-corrected chi connectivity index (χ4v) is 4.81. The third-order valence-electron chi connectivity index (χ3n) is 6.19. The van der Waals surface area contributed by atoms with Gasteiger partial charge in [0.15, 0.2) is 5.69 Å². The molecule has 0 saturated carbocycles. The Balaban J connectivity index is 1.92. The molecule has 0 radical (unpaired) electrons. The second-order valence-electron chi connectivity index (χ2n) is 9.06. The number of pyridine rings is 3. The lowest BCUT2D eigenvalue weighted by atomic mass is 10.0. The molecule has 0 unspecified atom stereocenters. The number of carbonyl (C=O) groups is 2. The summed E-state index contributed by atoms with van der Waals surface area (Å²) in [6.45, 7) is 6.48. The monoisotopic (exact) mass is 574 g/mol. The second kappa shape index (κ2) is 11.4. The number of urea groups is 1. The van der Waals surface area contributed by atoms with Gasteiger partial charge in [-0.25, -0.2) is 19.6 Å². The molecule has 3 N–H and O–H groups in total. The van der Waals surface area contributed by atoms with Crippen LogP contribution in [0.25, 0.3) is 32.7 Å². The van der Waals surface area contributed by atoms with Crippen molar-refractivity contribution < 1.29 is 27.9 Å². The second-order valence-corrected chi connectivity index (χ2v) is 9.92.